The van der Waals surface area contributed by atoms with Crippen molar-refractivity contribution in [3.8, 4) is 11.5 Å². The van der Waals surface area contributed by atoms with E-state index in [-0.39, 0.29) is 28.9 Å². The summed E-state index contributed by atoms with van der Waals surface area (Å²) in [5.74, 6) is 0.157. The molecule has 1 N–H and O–H groups in total. The van der Waals surface area contributed by atoms with Crippen LogP contribution < -0.4 is 20.3 Å². The summed E-state index contributed by atoms with van der Waals surface area (Å²) in [5, 5.41) is 7.73. The van der Waals surface area contributed by atoms with Gasteiger partial charge in [0.2, 0.25) is 0 Å². The molecular formula is C29H27BrClFN4O4. The fourth-order valence-electron chi connectivity index (χ4n) is 3.84. The van der Waals surface area contributed by atoms with Gasteiger partial charge in [-0.15, -0.1) is 0 Å². The first kappa shape index (κ1) is 29.2. The summed E-state index contributed by atoms with van der Waals surface area (Å²) in [6.45, 7) is 5.77. The highest BCUT2D eigenvalue weighted by Gasteiger charge is 2.17. The van der Waals surface area contributed by atoms with Crippen molar-refractivity contribution >= 4 is 56.2 Å². The SMILES string of the molecule is CCOc1cc(C=Nn2c([C@H](C)CC)nc3ccc(Br)cc3c2=O)cc(Cl)c1OCC(=O)Nc1ccc(F)cc1. The molecular weight excluding hydrogens is 603 g/mol. The average molecular weight is 630 g/mol. The predicted molar refractivity (Wildman–Crippen MR) is 159 cm³/mol. The van der Waals surface area contributed by atoms with E-state index in [1.807, 2.05) is 19.9 Å². The fraction of sp³-hybridized carbons (Fsp3) is 0.241. The largest absolute Gasteiger partial charge is 0.490 e. The van der Waals surface area contributed by atoms with Gasteiger partial charge in [0.1, 0.15) is 11.6 Å². The lowest BCUT2D eigenvalue weighted by atomic mass is 10.1. The van der Waals surface area contributed by atoms with E-state index in [4.69, 9.17) is 26.1 Å². The number of halogens is 3. The van der Waals surface area contributed by atoms with E-state index in [0.29, 0.717) is 40.3 Å². The van der Waals surface area contributed by atoms with Gasteiger partial charge in [-0.1, -0.05) is 41.4 Å². The van der Waals surface area contributed by atoms with E-state index in [2.05, 4.69) is 26.3 Å². The Balaban J connectivity index is 1.62. The highest BCUT2D eigenvalue weighted by atomic mass is 79.9. The van der Waals surface area contributed by atoms with Crippen molar-refractivity contribution in [1.29, 1.82) is 0 Å². The van der Waals surface area contributed by atoms with E-state index in [0.717, 1.165) is 10.9 Å². The average Bonchev–Trinajstić information content (AvgIpc) is 2.93. The van der Waals surface area contributed by atoms with Gasteiger partial charge < -0.3 is 14.8 Å². The number of fused-ring (bicyclic) bond motifs is 1. The molecule has 0 saturated heterocycles. The van der Waals surface area contributed by atoms with Crippen LogP contribution in [0, 0.1) is 5.82 Å². The number of ether oxygens (including phenoxy) is 2. The smallest absolute Gasteiger partial charge is 0.282 e. The number of carbonyl (C=O) groups is 1. The summed E-state index contributed by atoms with van der Waals surface area (Å²) in [5.41, 5.74) is 1.29. The molecule has 1 heterocycles. The highest BCUT2D eigenvalue weighted by Crippen LogP contribution is 2.36. The molecule has 40 heavy (non-hydrogen) atoms. The minimum absolute atomic E-state index is 0.0164. The molecule has 208 valence electrons. The van der Waals surface area contributed by atoms with E-state index in [1.165, 1.54) is 35.2 Å². The van der Waals surface area contributed by atoms with Crippen molar-refractivity contribution in [3.05, 3.63) is 91.7 Å². The van der Waals surface area contributed by atoms with Crippen LogP contribution in [0.1, 0.15) is 44.5 Å². The zero-order valence-corrected chi connectivity index (χ0v) is 24.4. The number of carbonyl (C=O) groups excluding carboxylic acids is 1. The Hall–Kier alpha value is -3.76. The number of nitrogens with zero attached hydrogens (tertiary/aromatic N) is 3. The Morgan fingerprint density at radius 2 is 1.93 bits per heavy atom. The zero-order chi connectivity index (χ0) is 28.8. The summed E-state index contributed by atoms with van der Waals surface area (Å²) in [6.07, 6.45) is 2.27. The molecule has 0 fully saturated rings. The number of benzene rings is 3. The van der Waals surface area contributed by atoms with Crippen molar-refractivity contribution in [2.24, 2.45) is 5.10 Å². The van der Waals surface area contributed by atoms with Crippen molar-refractivity contribution in [3.63, 3.8) is 0 Å². The molecule has 0 aliphatic carbocycles. The number of hydrogen-bond donors (Lipinski definition) is 1. The van der Waals surface area contributed by atoms with Gasteiger partial charge in [-0.05, 0) is 73.5 Å². The predicted octanol–water partition coefficient (Wildman–Crippen LogP) is 6.76. The number of nitrogens with one attached hydrogen (secondary N) is 1. The molecule has 0 unspecified atom stereocenters. The summed E-state index contributed by atoms with van der Waals surface area (Å²) in [6, 6.07) is 14.0. The molecule has 0 aliphatic rings. The summed E-state index contributed by atoms with van der Waals surface area (Å²) < 4.78 is 26.6. The second kappa shape index (κ2) is 13.1. The molecule has 4 rings (SSSR count). The topological polar surface area (TPSA) is 94.8 Å². The van der Waals surface area contributed by atoms with Gasteiger partial charge in [-0.25, -0.2) is 9.37 Å². The summed E-state index contributed by atoms with van der Waals surface area (Å²) in [7, 11) is 0. The molecule has 1 amide bonds. The zero-order valence-electron chi connectivity index (χ0n) is 22.1. The quantitative estimate of drug-likeness (QED) is 0.196. The molecule has 11 heteroatoms. The van der Waals surface area contributed by atoms with E-state index >= 15 is 0 Å². The monoisotopic (exact) mass is 628 g/mol. The maximum absolute atomic E-state index is 13.4. The molecule has 4 aromatic rings. The van der Waals surface area contributed by atoms with Crippen LogP contribution in [0.5, 0.6) is 11.5 Å². The fourth-order valence-corrected chi connectivity index (χ4v) is 4.47. The second-order valence-electron chi connectivity index (χ2n) is 8.91. The van der Waals surface area contributed by atoms with Gasteiger partial charge in [-0.2, -0.15) is 9.78 Å². The third-order valence-electron chi connectivity index (χ3n) is 6.02. The first-order valence-electron chi connectivity index (χ1n) is 12.6. The maximum atomic E-state index is 13.4. The van der Waals surface area contributed by atoms with Crippen LogP contribution in [0.25, 0.3) is 10.9 Å². The molecule has 0 aliphatic heterocycles. The van der Waals surface area contributed by atoms with Gasteiger partial charge in [0.05, 0.1) is 28.7 Å². The molecule has 3 aromatic carbocycles. The molecule has 1 aromatic heterocycles. The lowest BCUT2D eigenvalue weighted by molar-refractivity contribution is -0.118. The van der Waals surface area contributed by atoms with Crippen LogP contribution in [-0.2, 0) is 4.79 Å². The van der Waals surface area contributed by atoms with Crippen molar-refractivity contribution in [1.82, 2.24) is 9.66 Å². The molecule has 0 bridgehead atoms. The Bertz CT molecular complexity index is 1630. The number of amides is 1. The van der Waals surface area contributed by atoms with Crippen LogP contribution >= 0.6 is 27.5 Å². The summed E-state index contributed by atoms with van der Waals surface area (Å²) in [4.78, 5) is 30.5. The molecule has 0 radical (unpaired) electrons. The number of hydrogen-bond acceptors (Lipinski definition) is 6. The first-order valence-corrected chi connectivity index (χ1v) is 13.8. The van der Waals surface area contributed by atoms with Gasteiger partial charge in [0, 0.05) is 16.1 Å². The first-order chi connectivity index (χ1) is 19.2. The Morgan fingerprint density at radius 3 is 2.62 bits per heavy atom. The Morgan fingerprint density at radius 1 is 1.18 bits per heavy atom. The normalized spacial score (nSPS) is 12.1. The van der Waals surface area contributed by atoms with Crippen LogP contribution in [0.2, 0.25) is 5.02 Å². The third-order valence-corrected chi connectivity index (χ3v) is 6.79. The lowest BCUT2D eigenvalue weighted by Crippen LogP contribution is -2.23. The van der Waals surface area contributed by atoms with Crippen molar-refractivity contribution < 1.29 is 18.7 Å². The van der Waals surface area contributed by atoms with Crippen LogP contribution in [0.3, 0.4) is 0 Å². The maximum Gasteiger partial charge on any atom is 0.282 e. The summed E-state index contributed by atoms with van der Waals surface area (Å²) >= 11 is 9.93. The van der Waals surface area contributed by atoms with Crippen molar-refractivity contribution in [2.45, 2.75) is 33.1 Å². The van der Waals surface area contributed by atoms with Crippen LogP contribution in [-0.4, -0.2) is 35.0 Å². The van der Waals surface area contributed by atoms with Gasteiger partial charge in [-0.3, -0.25) is 9.59 Å². The minimum Gasteiger partial charge on any atom is -0.490 e. The van der Waals surface area contributed by atoms with Crippen LogP contribution in [0.4, 0.5) is 10.1 Å². The van der Waals surface area contributed by atoms with Crippen LogP contribution in [0.15, 0.2) is 69.0 Å². The molecule has 0 saturated carbocycles. The number of anilines is 1. The van der Waals surface area contributed by atoms with E-state index in [1.54, 1.807) is 31.2 Å². The van der Waals surface area contributed by atoms with E-state index in [9.17, 15) is 14.0 Å². The van der Waals surface area contributed by atoms with Crippen molar-refractivity contribution in [2.75, 3.05) is 18.5 Å². The molecule has 0 spiro atoms. The number of rotatable bonds is 10. The lowest BCUT2D eigenvalue weighted by Gasteiger charge is -2.15. The molecule has 1 atom stereocenters. The Labute approximate surface area is 243 Å². The second-order valence-corrected chi connectivity index (χ2v) is 10.2. The highest BCUT2D eigenvalue weighted by molar-refractivity contribution is 9.10. The van der Waals surface area contributed by atoms with Gasteiger partial charge >= 0.3 is 0 Å². The van der Waals surface area contributed by atoms with E-state index < -0.39 is 11.7 Å². The Kier molecular flexibility index (Phi) is 9.54. The standard InChI is InChI=1S/C29H27BrClFN4O4/c1-4-17(3)28-35-24-11-6-19(30)14-22(24)29(38)36(28)33-15-18-12-23(31)27(25(13-18)39-5-2)40-16-26(37)34-21-9-7-20(32)8-10-21/h6-15,17H,4-5,16H2,1-3H3,(H,34,37)/t17-/m1/s1. The third kappa shape index (κ3) is 6.86. The minimum atomic E-state index is -0.455. The van der Waals surface area contributed by atoms with Gasteiger partial charge in [0.15, 0.2) is 18.1 Å². The molecule has 8 nitrogen and oxygen atoms in total. The number of aromatic nitrogens is 2. The van der Waals surface area contributed by atoms with Gasteiger partial charge in [0.25, 0.3) is 11.5 Å².